The summed E-state index contributed by atoms with van der Waals surface area (Å²) in [5.41, 5.74) is 0.219. The molecule has 0 aliphatic rings. The summed E-state index contributed by atoms with van der Waals surface area (Å²) in [5.74, 6) is 0.0183. The lowest BCUT2D eigenvalue weighted by molar-refractivity contribution is 0.0635. The molecular weight excluding hydrogens is 314 g/mol. The van der Waals surface area contributed by atoms with Crippen LogP contribution >= 0.6 is 15.9 Å². The molecule has 1 unspecified atom stereocenters. The Balaban J connectivity index is 2.91. The van der Waals surface area contributed by atoms with E-state index in [1.165, 1.54) is 18.2 Å². The Morgan fingerprint density at radius 1 is 1.47 bits per heavy atom. The summed E-state index contributed by atoms with van der Waals surface area (Å²) in [6, 6.07) is 4.34. The van der Waals surface area contributed by atoms with Gasteiger partial charge in [-0.25, -0.2) is 4.79 Å². The average molecular weight is 332 g/mol. The van der Waals surface area contributed by atoms with Gasteiger partial charge in [0, 0.05) is 10.9 Å². The predicted molar refractivity (Wildman–Crippen MR) is 76.7 cm³/mol. The Morgan fingerprint density at radius 2 is 2.11 bits per heavy atom. The van der Waals surface area contributed by atoms with Crippen molar-refractivity contribution < 1.29 is 19.7 Å². The van der Waals surface area contributed by atoms with E-state index in [1.807, 2.05) is 0 Å². The van der Waals surface area contributed by atoms with Crippen LogP contribution in [0.5, 0.6) is 5.75 Å². The van der Waals surface area contributed by atoms with Crippen molar-refractivity contribution in [2.24, 2.45) is 0 Å². The molecule has 6 heteroatoms. The van der Waals surface area contributed by atoms with Crippen LogP contribution in [-0.4, -0.2) is 27.2 Å². The second-order valence-corrected chi connectivity index (χ2v) is 5.72. The molecule has 0 fully saturated rings. The number of hydrogen-bond donors (Lipinski definition) is 3. The van der Waals surface area contributed by atoms with E-state index in [-0.39, 0.29) is 5.75 Å². The van der Waals surface area contributed by atoms with Crippen LogP contribution in [-0.2, 0) is 4.74 Å². The first-order valence-corrected chi connectivity index (χ1v) is 6.92. The number of alkyl halides is 1. The number of phenolic OH excluding ortho intramolecular Hbond substituents is 1. The molecule has 1 atom stereocenters. The van der Waals surface area contributed by atoms with Crippen molar-refractivity contribution >= 4 is 27.7 Å². The van der Waals surface area contributed by atoms with Crippen LogP contribution in [0.3, 0.4) is 0 Å². The molecule has 19 heavy (non-hydrogen) atoms. The predicted octanol–water partition coefficient (Wildman–Crippen LogP) is 3.17. The molecule has 0 aliphatic heterocycles. The number of nitrogens with one attached hydrogen (secondary N) is 1. The second kappa shape index (κ2) is 6.25. The minimum Gasteiger partial charge on any atom is -0.508 e. The van der Waals surface area contributed by atoms with Crippen LogP contribution in [0.15, 0.2) is 18.2 Å². The first-order valence-electron chi connectivity index (χ1n) is 5.80. The molecule has 0 heterocycles. The number of aromatic hydroxyl groups is 1. The number of phenols is 1. The summed E-state index contributed by atoms with van der Waals surface area (Å²) < 4.78 is 5.13. The van der Waals surface area contributed by atoms with E-state index in [2.05, 4.69) is 21.2 Å². The third-order valence-electron chi connectivity index (χ3n) is 2.18. The SMILES string of the molecule is CC(C)(C)OC(=O)Nc1ccc(O)cc1C(O)CBr. The number of anilines is 1. The summed E-state index contributed by atoms with van der Waals surface area (Å²) in [6.07, 6.45) is -1.45. The molecule has 0 radical (unpaired) electrons. The van der Waals surface area contributed by atoms with Crippen molar-refractivity contribution in [2.75, 3.05) is 10.6 Å². The van der Waals surface area contributed by atoms with Gasteiger partial charge < -0.3 is 14.9 Å². The Labute approximate surface area is 120 Å². The summed E-state index contributed by atoms with van der Waals surface area (Å²) in [7, 11) is 0. The van der Waals surface area contributed by atoms with Crippen molar-refractivity contribution in [3.63, 3.8) is 0 Å². The molecule has 106 valence electrons. The van der Waals surface area contributed by atoms with E-state index in [9.17, 15) is 15.0 Å². The highest BCUT2D eigenvalue weighted by Crippen LogP contribution is 2.28. The Bertz CT molecular complexity index is 456. The number of amides is 1. The number of aliphatic hydroxyl groups excluding tert-OH is 1. The molecule has 0 saturated carbocycles. The Hall–Kier alpha value is -1.27. The maximum atomic E-state index is 11.7. The molecule has 0 spiro atoms. The maximum absolute atomic E-state index is 11.7. The van der Waals surface area contributed by atoms with E-state index in [0.29, 0.717) is 16.6 Å². The fourth-order valence-corrected chi connectivity index (χ4v) is 1.79. The zero-order valence-electron chi connectivity index (χ0n) is 11.1. The summed E-state index contributed by atoms with van der Waals surface area (Å²) in [6.45, 7) is 5.28. The van der Waals surface area contributed by atoms with Crippen LogP contribution < -0.4 is 5.32 Å². The standard InChI is InChI=1S/C13H18BrNO4/c1-13(2,3)19-12(18)15-10-5-4-8(16)6-9(10)11(17)7-14/h4-6,11,16-17H,7H2,1-3H3,(H,15,18). The molecule has 0 saturated heterocycles. The molecule has 5 nitrogen and oxygen atoms in total. The number of carbonyl (C=O) groups is 1. The number of aliphatic hydroxyl groups is 1. The third-order valence-corrected chi connectivity index (χ3v) is 2.79. The molecular formula is C13H18BrNO4. The van der Waals surface area contributed by atoms with E-state index in [0.717, 1.165) is 0 Å². The van der Waals surface area contributed by atoms with Crippen molar-refractivity contribution in [3.05, 3.63) is 23.8 Å². The number of ether oxygens (including phenoxy) is 1. The minimum absolute atomic E-state index is 0.0183. The summed E-state index contributed by atoms with van der Waals surface area (Å²) in [5, 5.41) is 22.1. The van der Waals surface area contributed by atoms with Crippen molar-refractivity contribution in [1.82, 2.24) is 0 Å². The second-order valence-electron chi connectivity index (χ2n) is 5.07. The van der Waals surface area contributed by atoms with Gasteiger partial charge in [0.15, 0.2) is 0 Å². The maximum Gasteiger partial charge on any atom is 0.412 e. The normalized spacial score (nSPS) is 12.9. The van der Waals surface area contributed by atoms with Crippen LogP contribution in [0.4, 0.5) is 10.5 Å². The Morgan fingerprint density at radius 3 is 2.63 bits per heavy atom. The fourth-order valence-electron chi connectivity index (χ4n) is 1.44. The fraction of sp³-hybridized carbons (Fsp3) is 0.462. The number of carbonyl (C=O) groups excluding carboxylic acids is 1. The van der Waals surface area contributed by atoms with Gasteiger partial charge in [-0.1, -0.05) is 15.9 Å². The van der Waals surface area contributed by atoms with Crippen LogP contribution in [0.25, 0.3) is 0 Å². The van der Waals surface area contributed by atoms with Crippen LogP contribution in [0.2, 0.25) is 0 Å². The minimum atomic E-state index is -0.836. The van der Waals surface area contributed by atoms with Gasteiger partial charge >= 0.3 is 6.09 Å². The number of hydrogen-bond acceptors (Lipinski definition) is 4. The van der Waals surface area contributed by atoms with Crippen molar-refractivity contribution in [1.29, 1.82) is 0 Å². The van der Waals surface area contributed by atoms with Gasteiger partial charge in [0.05, 0.1) is 11.8 Å². The van der Waals surface area contributed by atoms with Crippen LogP contribution in [0.1, 0.15) is 32.4 Å². The van der Waals surface area contributed by atoms with Gasteiger partial charge in [-0.2, -0.15) is 0 Å². The monoisotopic (exact) mass is 331 g/mol. The van der Waals surface area contributed by atoms with Gasteiger partial charge in [-0.3, -0.25) is 5.32 Å². The zero-order valence-corrected chi connectivity index (χ0v) is 12.7. The molecule has 3 N–H and O–H groups in total. The molecule has 1 amide bonds. The smallest absolute Gasteiger partial charge is 0.412 e. The molecule has 0 aromatic heterocycles. The molecule has 1 aromatic carbocycles. The molecule has 0 aliphatic carbocycles. The molecule has 1 aromatic rings. The first-order chi connectivity index (χ1) is 8.73. The highest BCUT2D eigenvalue weighted by molar-refractivity contribution is 9.09. The molecule has 0 bridgehead atoms. The topological polar surface area (TPSA) is 78.8 Å². The third kappa shape index (κ3) is 5.08. The van der Waals surface area contributed by atoms with E-state index >= 15 is 0 Å². The van der Waals surface area contributed by atoms with Gasteiger partial charge in [-0.15, -0.1) is 0 Å². The Kier molecular flexibility index (Phi) is 5.20. The average Bonchev–Trinajstić information content (AvgIpc) is 2.28. The summed E-state index contributed by atoms with van der Waals surface area (Å²) >= 11 is 3.15. The summed E-state index contributed by atoms with van der Waals surface area (Å²) in [4.78, 5) is 11.7. The van der Waals surface area contributed by atoms with Gasteiger partial charge in [0.2, 0.25) is 0 Å². The highest BCUT2D eigenvalue weighted by atomic mass is 79.9. The van der Waals surface area contributed by atoms with Crippen molar-refractivity contribution in [3.8, 4) is 5.75 Å². The van der Waals surface area contributed by atoms with Crippen LogP contribution in [0, 0.1) is 0 Å². The van der Waals surface area contributed by atoms with Gasteiger partial charge in [-0.05, 0) is 39.0 Å². The first kappa shape index (κ1) is 15.8. The van der Waals surface area contributed by atoms with Gasteiger partial charge in [0.1, 0.15) is 11.4 Å². The van der Waals surface area contributed by atoms with Crippen molar-refractivity contribution in [2.45, 2.75) is 32.5 Å². The highest BCUT2D eigenvalue weighted by Gasteiger charge is 2.19. The van der Waals surface area contributed by atoms with E-state index in [1.54, 1.807) is 20.8 Å². The number of halogens is 1. The lowest BCUT2D eigenvalue weighted by atomic mass is 10.1. The quantitative estimate of drug-likeness (QED) is 0.587. The zero-order chi connectivity index (χ0) is 14.6. The molecule has 1 rings (SSSR count). The van der Waals surface area contributed by atoms with E-state index in [4.69, 9.17) is 4.74 Å². The number of rotatable bonds is 3. The number of benzene rings is 1. The largest absolute Gasteiger partial charge is 0.508 e. The van der Waals surface area contributed by atoms with Gasteiger partial charge in [0.25, 0.3) is 0 Å². The lowest BCUT2D eigenvalue weighted by Gasteiger charge is -2.21. The lowest BCUT2D eigenvalue weighted by Crippen LogP contribution is -2.27. The van der Waals surface area contributed by atoms with E-state index < -0.39 is 17.8 Å².